The van der Waals surface area contributed by atoms with Crippen LogP contribution >= 0.6 is 0 Å². The molecule has 0 bridgehead atoms. The third kappa shape index (κ3) is 1.85. The Morgan fingerprint density at radius 1 is 1.42 bits per heavy atom. The number of aromatic amines is 1. The molecule has 1 aromatic carbocycles. The lowest BCUT2D eigenvalue weighted by Crippen LogP contribution is -2.21. The summed E-state index contributed by atoms with van der Waals surface area (Å²) in [4.78, 5) is 26.2. The van der Waals surface area contributed by atoms with Gasteiger partial charge in [0, 0.05) is 6.04 Å². The smallest absolute Gasteiger partial charge is 0.337 e. The molecule has 0 saturated heterocycles. The monoisotopic (exact) mass is 260 g/mol. The molecule has 1 saturated carbocycles. The zero-order valence-corrected chi connectivity index (χ0v) is 10.7. The van der Waals surface area contributed by atoms with E-state index in [1.807, 2.05) is 0 Å². The Bertz CT molecular complexity index is 698. The number of fused-ring (bicyclic) bond motifs is 1. The number of nitrogens with zero attached hydrogens (tertiary/aromatic N) is 1. The van der Waals surface area contributed by atoms with E-state index in [4.69, 9.17) is 0 Å². The van der Waals surface area contributed by atoms with Crippen molar-refractivity contribution in [3.05, 3.63) is 34.2 Å². The summed E-state index contributed by atoms with van der Waals surface area (Å²) in [7, 11) is 0. The lowest BCUT2D eigenvalue weighted by Gasteiger charge is -2.13. The number of hydrogen-bond donors (Lipinski definition) is 2. The summed E-state index contributed by atoms with van der Waals surface area (Å²) < 4.78 is 1.64. The molecule has 0 spiro atoms. The van der Waals surface area contributed by atoms with Crippen LogP contribution in [0.5, 0.6) is 0 Å². The van der Waals surface area contributed by atoms with Crippen molar-refractivity contribution in [2.45, 2.75) is 32.2 Å². The maximum Gasteiger partial charge on any atom is 0.337 e. The average Bonchev–Trinajstić information content (AvgIpc) is 2.90. The van der Waals surface area contributed by atoms with Gasteiger partial charge in [-0.15, -0.1) is 0 Å². The molecule has 1 aromatic heterocycles. The number of nitrogens with one attached hydrogen (secondary N) is 1. The van der Waals surface area contributed by atoms with Crippen LogP contribution in [-0.4, -0.2) is 20.6 Å². The van der Waals surface area contributed by atoms with Crippen molar-refractivity contribution in [2.75, 3.05) is 0 Å². The van der Waals surface area contributed by atoms with Crippen LogP contribution in [0, 0.1) is 5.92 Å². The lowest BCUT2D eigenvalue weighted by molar-refractivity contribution is 0.0698. The maximum absolute atomic E-state index is 12.1. The summed E-state index contributed by atoms with van der Waals surface area (Å²) in [6.07, 6.45) is 2.95. The molecule has 2 atom stereocenters. The number of carbonyl (C=O) groups is 1. The topological polar surface area (TPSA) is 75.1 Å². The van der Waals surface area contributed by atoms with Gasteiger partial charge in [0.15, 0.2) is 0 Å². The highest BCUT2D eigenvalue weighted by Gasteiger charge is 2.27. The number of carboxylic acids is 1. The van der Waals surface area contributed by atoms with Crippen molar-refractivity contribution >= 4 is 17.0 Å². The maximum atomic E-state index is 12.1. The zero-order chi connectivity index (χ0) is 13.6. The first-order valence-corrected chi connectivity index (χ1v) is 6.54. The largest absolute Gasteiger partial charge is 0.478 e. The van der Waals surface area contributed by atoms with Crippen molar-refractivity contribution in [3.8, 4) is 0 Å². The number of para-hydroxylation sites is 1. The number of rotatable bonds is 2. The Morgan fingerprint density at radius 2 is 2.21 bits per heavy atom. The summed E-state index contributed by atoms with van der Waals surface area (Å²) in [5.41, 5.74) is 1.11. The first-order chi connectivity index (χ1) is 9.08. The van der Waals surface area contributed by atoms with Crippen LogP contribution in [0.3, 0.4) is 0 Å². The Morgan fingerprint density at radius 3 is 2.84 bits per heavy atom. The fourth-order valence-corrected chi connectivity index (χ4v) is 3.11. The predicted octanol–water partition coefficient (Wildman–Crippen LogP) is 2.39. The van der Waals surface area contributed by atoms with E-state index in [0.717, 1.165) is 19.3 Å². The minimum Gasteiger partial charge on any atom is -0.478 e. The average molecular weight is 260 g/mol. The quantitative estimate of drug-likeness (QED) is 0.870. The van der Waals surface area contributed by atoms with E-state index < -0.39 is 5.97 Å². The highest BCUT2D eigenvalue weighted by molar-refractivity contribution is 6.01. The summed E-state index contributed by atoms with van der Waals surface area (Å²) in [5, 5.41) is 9.28. The second-order valence-corrected chi connectivity index (χ2v) is 5.38. The van der Waals surface area contributed by atoms with Gasteiger partial charge in [-0.2, -0.15) is 0 Å². The normalized spacial score (nSPS) is 23.0. The van der Waals surface area contributed by atoms with Gasteiger partial charge in [0.05, 0.1) is 16.6 Å². The van der Waals surface area contributed by atoms with Gasteiger partial charge in [-0.3, -0.25) is 4.57 Å². The van der Waals surface area contributed by atoms with Crippen molar-refractivity contribution < 1.29 is 9.90 Å². The van der Waals surface area contributed by atoms with E-state index in [-0.39, 0.29) is 17.3 Å². The molecule has 1 aliphatic rings. The van der Waals surface area contributed by atoms with Crippen molar-refractivity contribution in [1.29, 1.82) is 0 Å². The second kappa shape index (κ2) is 4.26. The molecule has 0 radical (unpaired) electrons. The van der Waals surface area contributed by atoms with Gasteiger partial charge in [0.2, 0.25) is 0 Å². The third-order valence-corrected chi connectivity index (χ3v) is 4.00. The minimum atomic E-state index is -0.996. The summed E-state index contributed by atoms with van der Waals surface area (Å²) >= 11 is 0. The Balaban J connectivity index is 2.26. The number of hydrogen-bond acceptors (Lipinski definition) is 2. The number of imidazole rings is 1. The molecule has 1 heterocycles. The molecular formula is C14H16N2O3. The molecular weight excluding hydrogens is 244 g/mol. The van der Waals surface area contributed by atoms with Gasteiger partial charge in [-0.1, -0.05) is 13.0 Å². The summed E-state index contributed by atoms with van der Waals surface area (Å²) in [6.45, 7) is 2.16. The van der Waals surface area contributed by atoms with E-state index in [0.29, 0.717) is 17.0 Å². The molecule has 2 N–H and O–H groups in total. The van der Waals surface area contributed by atoms with Crippen molar-refractivity contribution in [1.82, 2.24) is 9.55 Å². The van der Waals surface area contributed by atoms with Gasteiger partial charge in [0.1, 0.15) is 0 Å². The molecule has 5 heteroatoms. The highest BCUT2D eigenvalue weighted by Crippen LogP contribution is 2.35. The molecule has 1 aliphatic carbocycles. The molecule has 5 nitrogen and oxygen atoms in total. The Labute approximate surface area is 109 Å². The van der Waals surface area contributed by atoms with E-state index in [1.165, 1.54) is 0 Å². The molecule has 100 valence electrons. The third-order valence-electron chi connectivity index (χ3n) is 4.00. The standard InChI is InChI=1S/C14H16N2O3/c1-8-5-6-9(7-8)16-12-10(13(17)18)3-2-4-11(12)15-14(16)19/h2-4,8-9H,5-7H2,1H3,(H,15,19)(H,17,18). The van der Waals surface area contributed by atoms with E-state index in [9.17, 15) is 14.7 Å². The van der Waals surface area contributed by atoms with Gasteiger partial charge in [-0.25, -0.2) is 9.59 Å². The Hall–Kier alpha value is -2.04. The minimum absolute atomic E-state index is 0.108. The van der Waals surface area contributed by atoms with Crippen molar-refractivity contribution in [2.24, 2.45) is 5.92 Å². The summed E-state index contributed by atoms with van der Waals surface area (Å²) in [5.74, 6) is -0.414. The molecule has 19 heavy (non-hydrogen) atoms. The fraction of sp³-hybridized carbons (Fsp3) is 0.429. The SMILES string of the molecule is CC1CCC(n2c(=O)[nH]c3cccc(C(=O)O)c32)C1. The van der Waals surface area contributed by atoms with E-state index in [1.54, 1.807) is 22.8 Å². The van der Waals surface area contributed by atoms with Gasteiger partial charge < -0.3 is 10.1 Å². The van der Waals surface area contributed by atoms with Crippen LogP contribution in [0.4, 0.5) is 0 Å². The van der Waals surface area contributed by atoms with Crippen LogP contribution < -0.4 is 5.69 Å². The summed E-state index contributed by atoms with van der Waals surface area (Å²) in [6, 6.07) is 5.06. The Kier molecular flexibility index (Phi) is 2.69. The molecule has 0 aliphatic heterocycles. The highest BCUT2D eigenvalue weighted by atomic mass is 16.4. The van der Waals surface area contributed by atoms with E-state index >= 15 is 0 Å². The number of aromatic nitrogens is 2. The predicted molar refractivity (Wildman–Crippen MR) is 71.6 cm³/mol. The molecule has 2 aromatic rings. The molecule has 2 unspecified atom stereocenters. The molecule has 3 rings (SSSR count). The lowest BCUT2D eigenvalue weighted by atomic mass is 10.1. The number of aromatic carboxylic acids is 1. The van der Waals surface area contributed by atoms with E-state index in [2.05, 4.69) is 11.9 Å². The van der Waals surface area contributed by atoms with Gasteiger partial charge in [-0.05, 0) is 37.3 Å². The van der Waals surface area contributed by atoms with Crippen LogP contribution in [0.25, 0.3) is 11.0 Å². The molecule has 1 fully saturated rings. The van der Waals surface area contributed by atoms with Crippen LogP contribution in [0.1, 0.15) is 42.6 Å². The van der Waals surface area contributed by atoms with Crippen molar-refractivity contribution in [3.63, 3.8) is 0 Å². The van der Waals surface area contributed by atoms with Crippen LogP contribution in [0.15, 0.2) is 23.0 Å². The molecule has 0 amide bonds. The first kappa shape index (κ1) is 12.0. The van der Waals surface area contributed by atoms with Crippen LogP contribution in [-0.2, 0) is 0 Å². The number of H-pyrrole nitrogens is 1. The fourth-order valence-electron chi connectivity index (χ4n) is 3.11. The van der Waals surface area contributed by atoms with Crippen LogP contribution in [0.2, 0.25) is 0 Å². The first-order valence-electron chi connectivity index (χ1n) is 6.54. The number of carboxylic acid groups (broad SMARTS) is 1. The van der Waals surface area contributed by atoms with Gasteiger partial charge in [0.25, 0.3) is 0 Å². The van der Waals surface area contributed by atoms with Gasteiger partial charge >= 0.3 is 11.7 Å². The number of benzene rings is 1. The zero-order valence-electron chi connectivity index (χ0n) is 10.7. The second-order valence-electron chi connectivity index (χ2n) is 5.38.